The van der Waals surface area contributed by atoms with E-state index in [0.717, 1.165) is 17.7 Å². The summed E-state index contributed by atoms with van der Waals surface area (Å²) in [7, 11) is 0. The molecule has 2 aliphatic heterocycles. The number of nitrogens with zero attached hydrogens (tertiary/aromatic N) is 4. The van der Waals surface area contributed by atoms with Gasteiger partial charge in [0.2, 0.25) is 0 Å². The number of aryl methyl sites for hydroxylation is 1. The lowest BCUT2D eigenvalue weighted by molar-refractivity contribution is -0.118. The lowest BCUT2D eigenvalue weighted by Crippen LogP contribution is -2.30. The number of cyclic esters (lactones) is 1. The van der Waals surface area contributed by atoms with Crippen LogP contribution in [0.1, 0.15) is 23.2 Å². The Labute approximate surface area is 193 Å². The van der Waals surface area contributed by atoms with Crippen LogP contribution in [0.15, 0.2) is 6.20 Å². The second kappa shape index (κ2) is 8.71. The molecule has 12 heteroatoms. The van der Waals surface area contributed by atoms with E-state index in [9.17, 15) is 14.0 Å². The van der Waals surface area contributed by atoms with E-state index in [4.69, 9.17) is 21.1 Å². The zero-order valence-corrected chi connectivity index (χ0v) is 18.6. The third-order valence-electron chi connectivity index (χ3n) is 6.05. The number of hydrogen-bond donors (Lipinski definition) is 2. The van der Waals surface area contributed by atoms with Gasteiger partial charge in [-0.3, -0.25) is 9.69 Å². The Morgan fingerprint density at radius 2 is 2.12 bits per heavy atom. The van der Waals surface area contributed by atoms with Crippen molar-refractivity contribution in [2.24, 2.45) is 5.92 Å². The van der Waals surface area contributed by atoms with Gasteiger partial charge in [0.1, 0.15) is 6.10 Å². The van der Waals surface area contributed by atoms with Crippen LogP contribution in [0, 0.1) is 18.7 Å². The van der Waals surface area contributed by atoms with E-state index in [1.54, 1.807) is 0 Å². The van der Waals surface area contributed by atoms with E-state index in [1.165, 1.54) is 11.1 Å². The van der Waals surface area contributed by atoms with Gasteiger partial charge in [0.05, 0.1) is 12.7 Å². The summed E-state index contributed by atoms with van der Waals surface area (Å²) in [5.74, 6) is 0.211. The third kappa shape index (κ3) is 4.30. The molecule has 2 aromatic rings. The Morgan fingerprint density at radius 1 is 1.30 bits per heavy atom. The van der Waals surface area contributed by atoms with Crippen molar-refractivity contribution >= 4 is 35.2 Å². The standard InChI is InChI=1S/C21H22ClFN6O4/c1-10-13-4-11(5-14(13)17(23)18(22)26-10)6-24-3-2-12-8-29(21(31)33-12)15-7-25-20-19(27-15)28-16(30)9-32-20/h7,11-12,24H,2-6,8-9H2,1H3,(H,27,28,30). The molecule has 2 unspecified atom stereocenters. The number of carbonyl (C=O) groups is 2. The Kier molecular flexibility index (Phi) is 5.75. The van der Waals surface area contributed by atoms with Gasteiger partial charge < -0.3 is 20.1 Å². The van der Waals surface area contributed by atoms with Crippen molar-refractivity contribution in [2.75, 3.05) is 36.5 Å². The van der Waals surface area contributed by atoms with E-state index in [-0.39, 0.29) is 47.2 Å². The molecule has 10 nitrogen and oxygen atoms in total. The minimum atomic E-state index is -0.515. The van der Waals surface area contributed by atoms with Crippen molar-refractivity contribution in [2.45, 2.75) is 32.3 Å². The number of ether oxygens (including phenoxy) is 2. The Morgan fingerprint density at radius 3 is 2.97 bits per heavy atom. The van der Waals surface area contributed by atoms with Crippen LogP contribution in [0.2, 0.25) is 5.15 Å². The molecule has 0 saturated carbocycles. The molecule has 1 fully saturated rings. The zero-order valence-electron chi connectivity index (χ0n) is 17.9. The normalized spacial score (nSPS) is 21.4. The van der Waals surface area contributed by atoms with Crippen LogP contribution in [0.25, 0.3) is 0 Å². The molecule has 1 aliphatic carbocycles. The zero-order chi connectivity index (χ0) is 23.1. The van der Waals surface area contributed by atoms with Gasteiger partial charge in [0.15, 0.2) is 29.2 Å². The van der Waals surface area contributed by atoms with Crippen LogP contribution < -0.4 is 20.3 Å². The van der Waals surface area contributed by atoms with Crippen LogP contribution in [0.5, 0.6) is 5.88 Å². The number of halogens is 2. The van der Waals surface area contributed by atoms with Crippen LogP contribution in [0.4, 0.5) is 20.8 Å². The van der Waals surface area contributed by atoms with Crippen LogP contribution in [0.3, 0.4) is 0 Å². The first kappa shape index (κ1) is 21.8. The SMILES string of the molecule is Cc1nc(Cl)c(F)c2c1CC(CNCCC1CN(c3cnc4c(n3)NC(=O)CO4)C(=O)O1)C2. The highest BCUT2D eigenvalue weighted by Crippen LogP contribution is 2.33. The summed E-state index contributed by atoms with van der Waals surface area (Å²) < 4.78 is 24.9. The van der Waals surface area contributed by atoms with Gasteiger partial charge in [-0.2, -0.15) is 0 Å². The Hall–Kier alpha value is -3.05. The fourth-order valence-corrected chi connectivity index (χ4v) is 4.67. The van der Waals surface area contributed by atoms with Gasteiger partial charge in [-0.15, -0.1) is 0 Å². The fraction of sp³-hybridized carbons (Fsp3) is 0.476. The summed E-state index contributed by atoms with van der Waals surface area (Å²) in [6.07, 6.45) is 2.59. The number of hydrogen-bond acceptors (Lipinski definition) is 8. The molecule has 3 aliphatic rings. The second-order valence-electron chi connectivity index (χ2n) is 8.36. The molecule has 1 saturated heterocycles. The lowest BCUT2D eigenvalue weighted by Gasteiger charge is -2.18. The number of nitrogens with one attached hydrogen (secondary N) is 2. The molecule has 2 atom stereocenters. The molecule has 0 bridgehead atoms. The number of fused-ring (bicyclic) bond motifs is 2. The first-order chi connectivity index (χ1) is 15.9. The first-order valence-electron chi connectivity index (χ1n) is 10.7. The fourth-order valence-electron chi connectivity index (χ4n) is 4.43. The summed E-state index contributed by atoms with van der Waals surface area (Å²) in [6, 6.07) is 0. The average Bonchev–Trinajstić information content (AvgIpc) is 3.38. The molecule has 0 radical (unpaired) electrons. The van der Waals surface area contributed by atoms with Crippen LogP contribution in [-0.2, 0) is 22.4 Å². The van der Waals surface area contributed by atoms with Crippen LogP contribution >= 0.6 is 11.6 Å². The maximum absolute atomic E-state index is 14.3. The molecule has 2 N–H and O–H groups in total. The topological polar surface area (TPSA) is 119 Å². The monoisotopic (exact) mass is 476 g/mol. The number of anilines is 2. The van der Waals surface area contributed by atoms with Gasteiger partial charge in [0.25, 0.3) is 11.8 Å². The molecule has 0 spiro atoms. The summed E-state index contributed by atoms with van der Waals surface area (Å²) >= 11 is 5.87. The molecular weight excluding hydrogens is 455 g/mol. The predicted octanol–water partition coefficient (Wildman–Crippen LogP) is 2.02. The molecule has 0 aromatic carbocycles. The number of pyridine rings is 1. The van der Waals surface area contributed by atoms with Crippen molar-refractivity contribution in [3.63, 3.8) is 0 Å². The van der Waals surface area contributed by atoms with Crippen molar-refractivity contribution in [3.8, 4) is 5.88 Å². The van der Waals surface area contributed by atoms with E-state index in [0.29, 0.717) is 38.0 Å². The van der Waals surface area contributed by atoms with E-state index >= 15 is 0 Å². The first-order valence-corrected chi connectivity index (χ1v) is 11.1. The van der Waals surface area contributed by atoms with E-state index in [1.807, 2.05) is 6.92 Å². The molecule has 4 heterocycles. The molecule has 2 aromatic heterocycles. The highest BCUT2D eigenvalue weighted by molar-refractivity contribution is 6.29. The summed E-state index contributed by atoms with van der Waals surface area (Å²) in [6.45, 7) is 3.42. The summed E-state index contributed by atoms with van der Waals surface area (Å²) in [5.41, 5.74) is 2.41. The highest BCUT2D eigenvalue weighted by Gasteiger charge is 2.34. The number of aromatic nitrogens is 3. The minimum Gasteiger partial charge on any atom is -0.465 e. The summed E-state index contributed by atoms with van der Waals surface area (Å²) in [4.78, 5) is 37.6. The van der Waals surface area contributed by atoms with Crippen molar-refractivity contribution in [1.29, 1.82) is 0 Å². The third-order valence-corrected chi connectivity index (χ3v) is 6.30. The van der Waals surface area contributed by atoms with Crippen LogP contribution in [-0.4, -0.2) is 59.3 Å². The second-order valence-corrected chi connectivity index (χ2v) is 8.72. The van der Waals surface area contributed by atoms with E-state index in [2.05, 4.69) is 25.6 Å². The maximum atomic E-state index is 14.3. The smallest absolute Gasteiger partial charge is 0.415 e. The Balaban J connectivity index is 1.11. The summed E-state index contributed by atoms with van der Waals surface area (Å²) in [5, 5.41) is 5.89. The van der Waals surface area contributed by atoms with Gasteiger partial charge in [-0.25, -0.2) is 24.1 Å². The van der Waals surface area contributed by atoms with Gasteiger partial charge >= 0.3 is 6.09 Å². The lowest BCUT2D eigenvalue weighted by atomic mass is 10.1. The maximum Gasteiger partial charge on any atom is 0.415 e. The molecule has 33 heavy (non-hydrogen) atoms. The van der Waals surface area contributed by atoms with Gasteiger partial charge in [-0.05, 0) is 56.3 Å². The number of amides is 2. The molecule has 174 valence electrons. The van der Waals surface area contributed by atoms with E-state index < -0.39 is 11.9 Å². The molecule has 5 rings (SSSR count). The van der Waals surface area contributed by atoms with Crippen molar-refractivity contribution in [1.82, 2.24) is 20.3 Å². The van der Waals surface area contributed by atoms with Gasteiger partial charge in [-0.1, -0.05) is 11.6 Å². The molecule has 2 amide bonds. The number of carbonyl (C=O) groups excluding carboxylic acids is 2. The quantitative estimate of drug-likeness (QED) is 0.480. The van der Waals surface area contributed by atoms with Crippen molar-refractivity contribution in [3.05, 3.63) is 34.0 Å². The minimum absolute atomic E-state index is 0.0639. The predicted molar refractivity (Wildman–Crippen MR) is 116 cm³/mol. The Bertz CT molecular complexity index is 1130. The number of rotatable bonds is 6. The van der Waals surface area contributed by atoms with Gasteiger partial charge in [0, 0.05) is 5.69 Å². The highest BCUT2D eigenvalue weighted by atomic mass is 35.5. The van der Waals surface area contributed by atoms with Crippen molar-refractivity contribution < 1.29 is 23.5 Å². The largest absolute Gasteiger partial charge is 0.465 e. The molecular formula is C21H22ClFN6O4. The average molecular weight is 477 g/mol.